The Morgan fingerprint density at radius 3 is 2.62 bits per heavy atom. The zero-order valence-corrected chi connectivity index (χ0v) is 20.2. The predicted molar refractivity (Wildman–Crippen MR) is 128 cm³/mol. The van der Waals surface area contributed by atoms with Gasteiger partial charge in [0.2, 0.25) is 5.91 Å². The van der Waals surface area contributed by atoms with Gasteiger partial charge in [-0.25, -0.2) is 4.79 Å². The Kier molecular flexibility index (Phi) is 9.52. The summed E-state index contributed by atoms with van der Waals surface area (Å²) in [6.07, 6.45) is 2.28. The Morgan fingerprint density at radius 1 is 1.31 bits per heavy atom. The van der Waals surface area contributed by atoms with E-state index in [-0.39, 0.29) is 24.8 Å². The maximum atomic E-state index is 12.8. The van der Waals surface area contributed by atoms with Gasteiger partial charge in [-0.3, -0.25) is 14.5 Å². The first kappa shape index (κ1) is 25.7. The minimum Gasteiger partial charge on any atom is -0.493 e. The smallest absolute Gasteiger partial charge is 0.326 e. The van der Waals surface area contributed by atoms with Crippen molar-refractivity contribution in [2.75, 3.05) is 20.3 Å². The largest absolute Gasteiger partial charge is 0.493 e. The van der Waals surface area contributed by atoms with Crippen LogP contribution in [0.15, 0.2) is 23.1 Å². The number of benzene rings is 1. The number of hydrogen-bond donors (Lipinski definition) is 2. The molecule has 8 nitrogen and oxygen atoms in total. The lowest BCUT2D eigenvalue weighted by atomic mass is 9.99. The van der Waals surface area contributed by atoms with Crippen molar-refractivity contribution in [1.82, 2.24) is 10.2 Å². The highest BCUT2D eigenvalue weighted by Crippen LogP contribution is 2.34. The standard InChI is InChI=1S/C22H28N2O6S2/c1-5-13(3)19(21(27)28)23-18(25)9-10-24-20(26)17(32-22(24)31)12-14-7-8-15(30-6-2)16(11-14)29-4/h7-8,11-13,19H,5-6,9-10H2,1-4H3,(H,23,25)(H,27,28). The summed E-state index contributed by atoms with van der Waals surface area (Å²) in [5, 5.41) is 11.9. The van der Waals surface area contributed by atoms with Gasteiger partial charge in [0.15, 0.2) is 11.5 Å². The molecule has 1 aromatic carbocycles. The molecule has 0 spiro atoms. The van der Waals surface area contributed by atoms with Gasteiger partial charge in [0.1, 0.15) is 10.4 Å². The average Bonchev–Trinajstić information content (AvgIpc) is 3.03. The van der Waals surface area contributed by atoms with Crippen LogP contribution in [0.25, 0.3) is 6.08 Å². The number of carbonyl (C=O) groups is 3. The lowest BCUT2D eigenvalue weighted by Gasteiger charge is -2.21. The molecule has 0 aromatic heterocycles. The molecule has 1 aliphatic heterocycles. The van der Waals surface area contributed by atoms with Gasteiger partial charge in [0.25, 0.3) is 5.91 Å². The van der Waals surface area contributed by atoms with E-state index in [1.54, 1.807) is 32.2 Å². The van der Waals surface area contributed by atoms with E-state index in [9.17, 15) is 19.5 Å². The molecule has 2 N–H and O–H groups in total. The minimum atomic E-state index is -1.08. The number of amides is 2. The monoisotopic (exact) mass is 480 g/mol. The number of methoxy groups -OCH3 is 1. The summed E-state index contributed by atoms with van der Waals surface area (Å²) in [6, 6.07) is 4.39. The van der Waals surface area contributed by atoms with Crippen molar-refractivity contribution in [1.29, 1.82) is 0 Å². The Morgan fingerprint density at radius 2 is 2.03 bits per heavy atom. The third-order valence-corrected chi connectivity index (χ3v) is 6.39. The number of thioether (sulfide) groups is 1. The van der Waals surface area contributed by atoms with Gasteiger partial charge in [-0.2, -0.15) is 0 Å². The number of nitrogens with zero attached hydrogens (tertiary/aromatic N) is 1. The average molecular weight is 481 g/mol. The molecule has 2 atom stereocenters. The van der Waals surface area contributed by atoms with Crippen LogP contribution in [0, 0.1) is 5.92 Å². The zero-order chi connectivity index (χ0) is 23.8. The fraction of sp³-hybridized carbons (Fsp3) is 0.455. The van der Waals surface area contributed by atoms with Crippen molar-refractivity contribution < 1.29 is 29.0 Å². The summed E-state index contributed by atoms with van der Waals surface area (Å²) >= 11 is 6.47. The molecule has 1 saturated heterocycles. The van der Waals surface area contributed by atoms with Crippen molar-refractivity contribution in [3.05, 3.63) is 28.7 Å². The molecule has 10 heteroatoms. The van der Waals surface area contributed by atoms with E-state index in [2.05, 4.69) is 5.32 Å². The van der Waals surface area contributed by atoms with Crippen molar-refractivity contribution in [3.8, 4) is 11.5 Å². The summed E-state index contributed by atoms with van der Waals surface area (Å²) in [6.45, 7) is 6.09. The van der Waals surface area contributed by atoms with Crippen LogP contribution in [0.4, 0.5) is 0 Å². The van der Waals surface area contributed by atoms with Crippen LogP contribution in [0.5, 0.6) is 11.5 Å². The van der Waals surface area contributed by atoms with Crippen molar-refractivity contribution >= 4 is 52.2 Å². The summed E-state index contributed by atoms with van der Waals surface area (Å²) in [5.74, 6) is -0.844. The van der Waals surface area contributed by atoms with Crippen LogP contribution in [0.3, 0.4) is 0 Å². The third kappa shape index (κ3) is 6.46. The molecule has 0 saturated carbocycles. The number of nitrogens with one attached hydrogen (secondary N) is 1. The van der Waals surface area contributed by atoms with Crippen molar-refractivity contribution in [3.63, 3.8) is 0 Å². The third-order valence-electron chi connectivity index (χ3n) is 5.02. The number of ether oxygens (including phenoxy) is 2. The fourth-order valence-corrected chi connectivity index (χ4v) is 4.34. The second-order valence-electron chi connectivity index (χ2n) is 7.20. The number of carbonyl (C=O) groups excluding carboxylic acids is 2. The fourth-order valence-electron chi connectivity index (χ4n) is 3.03. The highest BCUT2D eigenvalue weighted by atomic mass is 32.2. The molecule has 32 heavy (non-hydrogen) atoms. The van der Waals surface area contributed by atoms with Gasteiger partial charge in [0.05, 0.1) is 18.6 Å². The van der Waals surface area contributed by atoms with E-state index < -0.39 is 17.9 Å². The Hall–Kier alpha value is -2.59. The van der Waals surface area contributed by atoms with E-state index in [0.29, 0.717) is 33.8 Å². The number of carboxylic acids is 1. The Balaban J connectivity index is 2.05. The first-order valence-electron chi connectivity index (χ1n) is 10.3. The van der Waals surface area contributed by atoms with E-state index in [0.717, 1.165) is 17.3 Å². The lowest BCUT2D eigenvalue weighted by Crippen LogP contribution is -2.46. The second-order valence-corrected chi connectivity index (χ2v) is 8.87. The lowest BCUT2D eigenvalue weighted by molar-refractivity contribution is -0.143. The molecule has 0 aliphatic carbocycles. The summed E-state index contributed by atoms with van der Waals surface area (Å²) < 4.78 is 11.2. The maximum absolute atomic E-state index is 12.8. The molecule has 0 radical (unpaired) electrons. The van der Waals surface area contributed by atoms with Gasteiger partial charge in [-0.15, -0.1) is 0 Å². The minimum absolute atomic E-state index is 0.0448. The van der Waals surface area contributed by atoms with Gasteiger partial charge in [0, 0.05) is 13.0 Å². The molecule has 2 rings (SSSR count). The number of carboxylic acid groups (broad SMARTS) is 1. The molecule has 0 bridgehead atoms. The van der Waals surface area contributed by atoms with Gasteiger partial charge < -0.3 is 19.9 Å². The summed E-state index contributed by atoms with van der Waals surface area (Å²) in [4.78, 5) is 38.3. The SMILES string of the molecule is CCOc1ccc(C=C2SC(=S)N(CCC(=O)NC(C(=O)O)C(C)CC)C2=O)cc1OC. The zero-order valence-electron chi connectivity index (χ0n) is 18.5. The molecule has 174 valence electrons. The molecular formula is C22H28N2O6S2. The van der Waals surface area contributed by atoms with E-state index >= 15 is 0 Å². The molecule has 1 aliphatic rings. The van der Waals surface area contributed by atoms with Crippen LogP contribution in [0.2, 0.25) is 0 Å². The Bertz CT molecular complexity index is 918. The highest BCUT2D eigenvalue weighted by Gasteiger charge is 2.33. The van der Waals surface area contributed by atoms with Crippen molar-refractivity contribution in [2.45, 2.75) is 39.7 Å². The van der Waals surface area contributed by atoms with Crippen LogP contribution in [-0.2, 0) is 14.4 Å². The van der Waals surface area contributed by atoms with Gasteiger partial charge >= 0.3 is 5.97 Å². The normalized spacial score (nSPS) is 16.8. The van der Waals surface area contributed by atoms with Crippen LogP contribution in [-0.4, -0.2) is 58.4 Å². The molecule has 1 aromatic rings. The second kappa shape index (κ2) is 11.9. The quantitative estimate of drug-likeness (QED) is 0.367. The molecule has 1 heterocycles. The van der Waals surface area contributed by atoms with Crippen molar-refractivity contribution in [2.24, 2.45) is 5.92 Å². The molecule has 2 unspecified atom stereocenters. The highest BCUT2D eigenvalue weighted by molar-refractivity contribution is 8.26. The Labute approximate surface area is 197 Å². The first-order chi connectivity index (χ1) is 15.2. The molecular weight excluding hydrogens is 452 g/mol. The molecule has 1 fully saturated rings. The predicted octanol–water partition coefficient (Wildman–Crippen LogP) is 3.30. The van der Waals surface area contributed by atoms with E-state index in [1.807, 2.05) is 19.9 Å². The van der Waals surface area contributed by atoms with Crippen LogP contribution >= 0.6 is 24.0 Å². The number of rotatable bonds is 11. The van der Waals surface area contributed by atoms with Gasteiger partial charge in [-0.1, -0.05) is 50.3 Å². The summed E-state index contributed by atoms with van der Waals surface area (Å²) in [7, 11) is 1.54. The van der Waals surface area contributed by atoms with Crippen LogP contribution in [0.1, 0.15) is 39.2 Å². The first-order valence-corrected chi connectivity index (χ1v) is 11.5. The number of hydrogen-bond acceptors (Lipinski definition) is 7. The van der Waals surface area contributed by atoms with Gasteiger partial charge in [-0.05, 0) is 36.6 Å². The van der Waals surface area contributed by atoms with E-state index in [4.69, 9.17) is 21.7 Å². The topological polar surface area (TPSA) is 105 Å². The van der Waals surface area contributed by atoms with Crippen LogP contribution < -0.4 is 14.8 Å². The van der Waals surface area contributed by atoms with E-state index in [1.165, 1.54) is 4.90 Å². The number of aliphatic carboxylic acids is 1. The molecule has 2 amide bonds. The number of thiocarbonyl (C=S) groups is 1. The summed E-state index contributed by atoms with van der Waals surface area (Å²) in [5.41, 5.74) is 0.751. The maximum Gasteiger partial charge on any atom is 0.326 e.